The monoisotopic (exact) mass is 560 g/mol. The Morgan fingerprint density at radius 1 is 1.10 bits per heavy atom. The molecule has 3 heterocycles. The lowest BCUT2D eigenvalue weighted by Crippen LogP contribution is -2.34. The van der Waals surface area contributed by atoms with Gasteiger partial charge in [0.15, 0.2) is 21.3 Å². The SMILES string of the molecule is [C-]#[N+]c1ccc(-n2c(C)c(C(=O)CN3CCCCC3)c3ncc(CCC(=O)CCCS(=O)(=O)/C=C/C)cc32)cc1. The number of likely N-dealkylation sites (tertiary alicyclic amines) is 1. The molecule has 40 heavy (non-hydrogen) atoms. The van der Waals surface area contributed by atoms with E-state index in [9.17, 15) is 18.0 Å². The lowest BCUT2D eigenvalue weighted by atomic mass is 10.0. The third-order valence-electron chi connectivity index (χ3n) is 7.35. The highest BCUT2D eigenvalue weighted by Crippen LogP contribution is 2.30. The van der Waals surface area contributed by atoms with Gasteiger partial charge in [-0.1, -0.05) is 24.6 Å². The molecule has 1 saturated heterocycles. The van der Waals surface area contributed by atoms with Crippen molar-refractivity contribution in [1.29, 1.82) is 0 Å². The van der Waals surface area contributed by atoms with Crippen LogP contribution in [0.5, 0.6) is 0 Å². The predicted molar refractivity (Wildman–Crippen MR) is 158 cm³/mol. The second-order valence-electron chi connectivity index (χ2n) is 10.4. The van der Waals surface area contributed by atoms with Crippen LogP contribution in [0.25, 0.3) is 21.6 Å². The van der Waals surface area contributed by atoms with E-state index < -0.39 is 9.84 Å². The van der Waals surface area contributed by atoms with Crippen LogP contribution in [0.1, 0.15) is 67.1 Å². The van der Waals surface area contributed by atoms with Crippen molar-refractivity contribution in [3.8, 4) is 5.69 Å². The summed E-state index contributed by atoms with van der Waals surface area (Å²) in [6.07, 6.45) is 7.91. The van der Waals surface area contributed by atoms with Crippen molar-refractivity contribution in [1.82, 2.24) is 14.5 Å². The van der Waals surface area contributed by atoms with E-state index in [2.05, 4.69) is 9.74 Å². The van der Waals surface area contributed by atoms with Gasteiger partial charge in [-0.05, 0) is 76.4 Å². The normalized spacial score (nSPS) is 14.5. The molecule has 0 unspecified atom stereocenters. The van der Waals surface area contributed by atoms with Crippen molar-refractivity contribution in [2.24, 2.45) is 0 Å². The van der Waals surface area contributed by atoms with E-state index in [0.29, 0.717) is 36.2 Å². The third kappa shape index (κ3) is 7.12. The summed E-state index contributed by atoms with van der Waals surface area (Å²) in [5.41, 5.74) is 5.08. The van der Waals surface area contributed by atoms with Gasteiger partial charge in [-0.25, -0.2) is 13.3 Å². The van der Waals surface area contributed by atoms with Gasteiger partial charge in [0.05, 0.1) is 35.5 Å². The molecule has 1 aliphatic heterocycles. The van der Waals surface area contributed by atoms with Crippen LogP contribution in [0.15, 0.2) is 48.0 Å². The number of hydrogen-bond donors (Lipinski definition) is 0. The molecule has 0 saturated carbocycles. The van der Waals surface area contributed by atoms with Crippen LogP contribution >= 0.6 is 0 Å². The van der Waals surface area contributed by atoms with Crippen LogP contribution in [0, 0.1) is 13.5 Å². The summed E-state index contributed by atoms with van der Waals surface area (Å²) in [7, 11) is -3.27. The van der Waals surface area contributed by atoms with Gasteiger partial charge >= 0.3 is 0 Å². The van der Waals surface area contributed by atoms with E-state index in [-0.39, 0.29) is 30.2 Å². The highest BCUT2D eigenvalue weighted by atomic mass is 32.2. The van der Waals surface area contributed by atoms with Crippen molar-refractivity contribution in [3.63, 3.8) is 0 Å². The number of fused-ring (bicyclic) bond motifs is 1. The minimum absolute atomic E-state index is 0.00877. The van der Waals surface area contributed by atoms with Crippen LogP contribution in [-0.4, -0.2) is 59.8 Å². The number of hydrogen-bond acceptors (Lipinski definition) is 6. The maximum atomic E-state index is 13.6. The first kappa shape index (κ1) is 29.4. The molecule has 0 radical (unpaired) electrons. The summed E-state index contributed by atoms with van der Waals surface area (Å²) in [5.74, 6) is 0.0166. The average molecular weight is 561 g/mol. The van der Waals surface area contributed by atoms with E-state index in [1.807, 2.05) is 29.7 Å². The molecule has 9 heteroatoms. The zero-order chi connectivity index (χ0) is 28.7. The summed E-state index contributed by atoms with van der Waals surface area (Å²) in [6.45, 7) is 13.1. The number of carbonyl (C=O) groups excluding carboxylic acids is 2. The first-order chi connectivity index (χ1) is 19.2. The first-order valence-electron chi connectivity index (χ1n) is 13.8. The lowest BCUT2D eigenvalue weighted by molar-refractivity contribution is -0.119. The van der Waals surface area contributed by atoms with Crippen molar-refractivity contribution < 1.29 is 18.0 Å². The van der Waals surface area contributed by atoms with E-state index in [1.165, 1.54) is 17.9 Å². The molecule has 0 bridgehead atoms. The van der Waals surface area contributed by atoms with E-state index in [1.54, 1.807) is 25.3 Å². The molecule has 0 aliphatic carbocycles. The standard InChI is InChI=1S/C31H36N4O4S/c1-4-18-40(38,39)19-8-9-27(36)15-10-24-20-28-31(33-21-24)30(29(37)22-34-16-6-5-7-17-34)23(2)35(28)26-13-11-25(32-3)12-14-26/h4,11-14,18,20-21H,5-10,15-17,19,22H2,1-2H3/b18-4+. The number of aromatic nitrogens is 2. The molecule has 0 N–H and O–H groups in total. The van der Waals surface area contributed by atoms with Crippen molar-refractivity contribution in [3.05, 3.63) is 76.3 Å². The Bertz CT molecular complexity index is 1560. The molecule has 1 aliphatic rings. The topological polar surface area (TPSA) is 93.7 Å². The van der Waals surface area contributed by atoms with Gasteiger partial charge in [-0.2, -0.15) is 0 Å². The summed E-state index contributed by atoms with van der Waals surface area (Å²) in [6, 6.07) is 9.25. The third-order valence-corrected chi connectivity index (χ3v) is 8.90. The number of carbonyl (C=O) groups is 2. The number of piperidine rings is 1. The minimum atomic E-state index is -3.27. The number of allylic oxidation sites excluding steroid dienone is 1. The van der Waals surface area contributed by atoms with Crippen molar-refractivity contribution in [2.45, 2.75) is 58.8 Å². The molecule has 0 amide bonds. The Morgan fingerprint density at radius 2 is 1.82 bits per heavy atom. The van der Waals surface area contributed by atoms with Gasteiger partial charge in [-0.3, -0.25) is 19.5 Å². The Hall–Kier alpha value is -3.61. The molecular formula is C31H36N4O4S. The predicted octanol–water partition coefficient (Wildman–Crippen LogP) is 5.78. The smallest absolute Gasteiger partial charge is 0.187 e. The van der Waals surface area contributed by atoms with E-state index in [4.69, 9.17) is 11.6 Å². The molecule has 1 aromatic carbocycles. The number of aryl methyl sites for hydroxylation is 1. The highest BCUT2D eigenvalue weighted by Gasteiger charge is 2.24. The molecular weight excluding hydrogens is 524 g/mol. The fourth-order valence-electron chi connectivity index (χ4n) is 5.36. The molecule has 3 aromatic rings. The summed E-state index contributed by atoms with van der Waals surface area (Å²) in [5, 5.41) is 1.18. The minimum Gasteiger partial charge on any atom is -0.312 e. The van der Waals surface area contributed by atoms with Gasteiger partial charge in [0.25, 0.3) is 0 Å². The van der Waals surface area contributed by atoms with Crippen LogP contribution < -0.4 is 0 Å². The summed E-state index contributed by atoms with van der Waals surface area (Å²) < 4.78 is 25.7. The number of sulfone groups is 1. The van der Waals surface area contributed by atoms with E-state index >= 15 is 0 Å². The van der Waals surface area contributed by atoms with Gasteiger partial charge in [0, 0.05) is 35.8 Å². The Kier molecular flexibility index (Phi) is 9.67. The number of nitrogens with zero attached hydrogens (tertiary/aromatic N) is 4. The summed E-state index contributed by atoms with van der Waals surface area (Å²) >= 11 is 0. The second-order valence-corrected chi connectivity index (χ2v) is 12.4. The zero-order valence-electron chi connectivity index (χ0n) is 23.2. The molecule has 210 valence electrons. The van der Waals surface area contributed by atoms with Crippen LogP contribution in [-0.2, 0) is 21.1 Å². The van der Waals surface area contributed by atoms with Crippen LogP contribution in [0.4, 0.5) is 5.69 Å². The zero-order valence-corrected chi connectivity index (χ0v) is 24.0. The van der Waals surface area contributed by atoms with Crippen LogP contribution in [0.2, 0.25) is 0 Å². The average Bonchev–Trinajstić information content (AvgIpc) is 3.23. The van der Waals surface area contributed by atoms with Gasteiger partial charge < -0.3 is 4.57 Å². The Balaban J connectivity index is 1.59. The van der Waals surface area contributed by atoms with Gasteiger partial charge in [0.1, 0.15) is 5.78 Å². The largest absolute Gasteiger partial charge is 0.312 e. The van der Waals surface area contributed by atoms with Crippen LogP contribution in [0.3, 0.4) is 0 Å². The number of rotatable bonds is 12. The molecule has 8 nitrogen and oxygen atoms in total. The summed E-state index contributed by atoms with van der Waals surface area (Å²) in [4.78, 5) is 36.5. The van der Waals surface area contributed by atoms with Gasteiger partial charge in [0.2, 0.25) is 0 Å². The second kappa shape index (κ2) is 13.2. The quantitative estimate of drug-likeness (QED) is 0.206. The number of Topliss-reactive ketones (excluding diaryl/α,β-unsaturated/α-hetero) is 2. The Labute approximate surface area is 236 Å². The maximum Gasteiger partial charge on any atom is 0.187 e. The van der Waals surface area contributed by atoms with Gasteiger partial charge in [-0.15, -0.1) is 0 Å². The number of benzene rings is 1. The molecule has 0 atom stereocenters. The molecule has 4 rings (SSSR count). The lowest BCUT2D eigenvalue weighted by Gasteiger charge is -2.25. The fraction of sp³-hybridized carbons (Fsp3) is 0.419. The number of pyridine rings is 1. The molecule has 1 fully saturated rings. The Morgan fingerprint density at radius 3 is 2.50 bits per heavy atom. The molecule has 0 spiro atoms. The van der Waals surface area contributed by atoms with Crippen molar-refractivity contribution in [2.75, 3.05) is 25.4 Å². The highest BCUT2D eigenvalue weighted by molar-refractivity contribution is 7.94. The van der Waals surface area contributed by atoms with Crippen molar-refractivity contribution >= 4 is 38.1 Å². The number of ketones is 2. The molecule has 2 aromatic heterocycles. The maximum absolute atomic E-state index is 13.6. The fourth-order valence-corrected chi connectivity index (χ4v) is 6.45. The van der Waals surface area contributed by atoms with E-state index in [0.717, 1.165) is 48.4 Å². The first-order valence-corrected chi connectivity index (χ1v) is 15.5.